The molecular formula is C18H29FN2. The van der Waals surface area contributed by atoms with E-state index in [1.807, 2.05) is 6.07 Å². The molecule has 118 valence electrons. The van der Waals surface area contributed by atoms with Crippen LogP contribution in [0.25, 0.3) is 0 Å². The van der Waals surface area contributed by atoms with E-state index in [-0.39, 0.29) is 11.9 Å². The molecule has 2 rings (SSSR count). The van der Waals surface area contributed by atoms with Gasteiger partial charge in [0.2, 0.25) is 0 Å². The third kappa shape index (κ3) is 4.44. The molecule has 1 aromatic rings. The molecule has 1 fully saturated rings. The molecule has 1 saturated heterocycles. The van der Waals surface area contributed by atoms with Crippen molar-refractivity contribution in [2.24, 2.45) is 5.92 Å². The van der Waals surface area contributed by atoms with Crippen LogP contribution in [0.1, 0.15) is 58.1 Å². The van der Waals surface area contributed by atoms with E-state index in [0.717, 1.165) is 43.7 Å². The first-order chi connectivity index (χ1) is 10.1. The number of piperidine rings is 1. The summed E-state index contributed by atoms with van der Waals surface area (Å²) in [6.07, 6.45) is 4.77. The fourth-order valence-corrected chi connectivity index (χ4v) is 3.07. The minimum atomic E-state index is -0.0780. The lowest BCUT2D eigenvalue weighted by Gasteiger charge is -2.33. The monoisotopic (exact) mass is 292 g/mol. The molecule has 1 aromatic carbocycles. The van der Waals surface area contributed by atoms with Crippen LogP contribution in [0.15, 0.2) is 18.2 Å². The Kier molecular flexibility index (Phi) is 6.04. The lowest BCUT2D eigenvalue weighted by molar-refractivity contribution is 0.442. The van der Waals surface area contributed by atoms with E-state index in [2.05, 4.69) is 37.1 Å². The molecule has 1 N–H and O–H groups in total. The highest BCUT2D eigenvalue weighted by molar-refractivity contribution is 5.50. The maximum atomic E-state index is 14.4. The number of hydrogen-bond donors (Lipinski definition) is 1. The van der Waals surface area contributed by atoms with Crippen LogP contribution >= 0.6 is 0 Å². The lowest BCUT2D eigenvalue weighted by Crippen LogP contribution is -2.34. The molecule has 0 radical (unpaired) electrons. The fourth-order valence-electron chi connectivity index (χ4n) is 3.07. The molecule has 3 heteroatoms. The first-order valence-corrected chi connectivity index (χ1v) is 8.39. The van der Waals surface area contributed by atoms with Crippen LogP contribution in [0, 0.1) is 11.7 Å². The van der Waals surface area contributed by atoms with Gasteiger partial charge < -0.3 is 10.2 Å². The molecule has 0 amide bonds. The largest absolute Gasteiger partial charge is 0.369 e. The Morgan fingerprint density at radius 3 is 2.90 bits per heavy atom. The van der Waals surface area contributed by atoms with Gasteiger partial charge in [0.15, 0.2) is 0 Å². The van der Waals surface area contributed by atoms with E-state index in [4.69, 9.17) is 0 Å². The van der Waals surface area contributed by atoms with Gasteiger partial charge in [-0.2, -0.15) is 0 Å². The van der Waals surface area contributed by atoms with Gasteiger partial charge in [-0.05, 0) is 56.3 Å². The number of benzene rings is 1. The highest BCUT2D eigenvalue weighted by Crippen LogP contribution is 2.27. The van der Waals surface area contributed by atoms with Gasteiger partial charge >= 0.3 is 0 Å². The van der Waals surface area contributed by atoms with Crippen LogP contribution in [0.4, 0.5) is 10.1 Å². The molecule has 0 bridgehead atoms. The van der Waals surface area contributed by atoms with Crippen molar-refractivity contribution in [2.45, 2.75) is 52.5 Å². The molecule has 0 unspecified atom stereocenters. The second-order valence-electron chi connectivity index (χ2n) is 6.43. The third-order valence-corrected chi connectivity index (χ3v) is 4.45. The Morgan fingerprint density at radius 1 is 1.43 bits per heavy atom. The van der Waals surface area contributed by atoms with E-state index in [1.165, 1.54) is 12.8 Å². The van der Waals surface area contributed by atoms with Gasteiger partial charge in [-0.3, -0.25) is 0 Å². The maximum absolute atomic E-state index is 14.4. The Bertz CT molecular complexity index is 447. The lowest BCUT2D eigenvalue weighted by atomic mass is 9.99. The normalized spacial score (nSPS) is 20.6. The molecule has 0 spiro atoms. The molecule has 1 heterocycles. The summed E-state index contributed by atoms with van der Waals surface area (Å²) in [6, 6.07) is 5.95. The molecule has 1 aliphatic rings. The highest BCUT2D eigenvalue weighted by atomic mass is 19.1. The summed E-state index contributed by atoms with van der Waals surface area (Å²) in [6.45, 7) is 9.47. The van der Waals surface area contributed by atoms with E-state index in [0.29, 0.717) is 5.92 Å². The number of rotatable bonds is 6. The third-order valence-electron chi connectivity index (χ3n) is 4.45. The SMILES string of the molecule is CCCCN[C@H](C)c1ccc(N2CCC[C@H](C)C2)c(F)c1. The minimum Gasteiger partial charge on any atom is -0.369 e. The van der Waals surface area contributed by atoms with Crippen molar-refractivity contribution < 1.29 is 4.39 Å². The maximum Gasteiger partial charge on any atom is 0.146 e. The number of anilines is 1. The summed E-state index contributed by atoms with van der Waals surface area (Å²) >= 11 is 0. The van der Waals surface area contributed by atoms with Crippen LogP contribution in [-0.2, 0) is 0 Å². The van der Waals surface area contributed by atoms with Crippen molar-refractivity contribution in [1.82, 2.24) is 5.32 Å². The molecule has 21 heavy (non-hydrogen) atoms. The Labute approximate surface area is 128 Å². The summed E-state index contributed by atoms with van der Waals surface area (Å²) in [5.41, 5.74) is 1.81. The van der Waals surface area contributed by atoms with Crippen molar-refractivity contribution in [1.29, 1.82) is 0 Å². The van der Waals surface area contributed by atoms with E-state index < -0.39 is 0 Å². The fraction of sp³-hybridized carbons (Fsp3) is 0.667. The predicted octanol–water partition coefficient (Wildman–Crippen LogP) is 4.51. The second kappa shape index (κ2) is 7.79. The summed E-state index contributed by atoms with van der Waals surface area (Å²) in [4.78, 5) is 2.20. The van der Waals surface area contributed by atoms with E-state index in [9.17, 15) is 4.39 Å². The van der Waals surface area contributed by atoms with Crippen LogP contribution in [-0.4, -0.2) is 19.6 Å². The van der Waals surface area contributed by atoms with Gasteiger partial charge in [0.1, 0.15) is 5.82 Å². The molecule has 0 saturated carbocycles. The quantitative estimate of drug-likeness (QED) is 0.776. The van der Waals surface area contributed by atoms with E-state index in [1.54, 1.807) is 6.07 Å². The van der Waals surface area contributed by atoms with Gasteiger partial charge in [-0.15, -0.1) is 0 Å². The van der Waals surface area contributed by atoms with Crippen molar-refractivity contribution in [3.05, 3.63) is 29.6 Å². The van der Waals surface area contributed by atoms with Crippen LogP contribution in [0.5, 0.6) is 0 Å². The molecule has 2 atom stereocenters. The zero-order valence-electron chi connectivity index (χ0n) is 13.7. The summed E-state index contributed by atoms with van der Waals surface area (Å²) < 4.78 is 14.4. The molecule has 0 aliphatic carbocycles. The predicted molar refractivity (Wildman–Crippen MR) is 88.3 cm³/mol. The van der Waals surface area contributed by atoms with Crippen molar-refractivity contribution >= 4 is 5.69 Å². The van der Waals surface area contributed by atoms with Gasteiger partial charge in [0.25, 0.3) is 0 Å². The van der Waals surface area contributed by atoms with E-state index >= 15 is 0 Å². The van der Waals surface area contributed by atoms with Crippen LogP contribution in [0.2, 0.25) is 0 Å². The topological polar surface area (TPSA) is 15.3 Å². The van der Waals surface area contributed by atoms with Gasteiger partial charge in [-0.1, -0.05) is 26.3 Å². The molecule has 1 aliphatic heterocycles. The Hall–Kier alpha value is -1.09. The van der Waals surface area contributed by atoms with Gasteiger partial charge in [-0.25, -0.2) is 4.39 Å². The van der Waals surface area contributed by atoms with Crippen molar-refractivity contribution in [3.63, 3.8) is 0 Å². The standard InChI is InChI=1S/C18H29FN2/c1-4-5-10-20-15(3)16-8-9-18(17(19)12-16)21-11-6-7-14(2)13-21/h8-9,12,14-15,20H,4-7,10-11,13H2,1-3H3/t14-,15+/m0/s1. The number of hydrogen-bond acceptors (Lipinski definition) is 2. The Morgan fingerprint density at radius 2 is 2.24 bits per heavy atom. The van der Waals surface area contributed by atoms with Crippen LogP contribution < -0.4 is 10.2 Å². The second-order valence-corrected chi connectivity index (χ2v) is 6.43. The first-order valence-electron chi connectivity index (χ1n) is 8.39. The number of nitrogens with zero attached hydrogens (tertiary/aromatic N) is 1. The zero-order valence-corrected chi connectivity index (χ0v) is 13.7. The summed E-state index contributed by atoms with van der Waals surface area (Å²) in [5, 5.41) is 3.45. The average Bonchev–Trinajstić information content (AvgIpc) is 2.47. The average molecular weight is 292 g/mol. The molecule has 0 aromatic heterocycles. The summed E-state index contributed by atoms with van der Waals surface area (Å²) in [5.74, 6) is 0.582. The molecule has 2 nitrogen and oxygen atoms in total. The van der Waals surface area contributed by atoms with Gasteiger partial charge in [0.05, 0.1) is 5.69 Å². The minimum absolute atomic E-state index is 0.0780. The summed E-state index contributed by atoms with van der Waals surface area (Å²) in [7, 11) is 0. The van der Waals surface area contributed by atoms with Crippen LogP contribution in [0.3, 0.4) is 0 Å². The number of nitrogens with one attached hydrogen (secondary N) is 1. The highest BCUT2D eigenvalue weighted by Gasteiger charge is 2.19. The van der Waals surface area contributed by atoms with Gasteiger partial charge in [0, 0.05) is 19.1 Å². The van der Waals surface area contributed by atoms with Crippen molar-refractivity contribution in [3.8, 4) is 0 Å². The van der Waals surface area contributed by atoms with Crippen molar-refractivity contribution in [2.75, 3.05) is 24.5 Å². The zero-order chi connectivity index (χ0) is 15.2. The first kappa shape index (κ1) is 16.3. The number of unbranched alkanes of at least 4 members (excludes halogenated alkanes) is 1. The molecular weight excluding hydrogens is 263 g/mol. The number of halogens is 1. The smallest absolute Gasteiger partial charge is 0.146 e. The Balaban J connectivity index is 2.02.